The normalized spacial score (nSPS) is 11.5. The first kappa shape index (κ1) is 15.0. The first-order chi connectivity index (χ1) is 7.16. The Morgan fingerprint density at radius 1 is 1.40 bits per heavy atom. The maximum Gasteiger partial charge on any atom is 0.302 e. The van der Waals surface area contributed by atoms with Crippen LogP contribution in [0.1, 0.15) is 39.5 Å². The van der Waals surface area contributed by atoms with Crippen LogP contribution < -0.4 is 0 Å². The van der Waals surface area contributed by atoms with E-state index in [1.165, 1.54) is 32.6 Å². The molecule has 0 aliphatic heterocycles. The van der Waals surface area contributed by atoms with Crippen LogP contribution in [0.4, 0.5) is 0 Å². The van der Waals surface area contributed by atoms with Crippen LogP contribution in [0.25, 0.3) is 0 Å². The lowest BCUT2D eigenvalue weighted by molar-refractivity contribution is -0.139. The number of rotatable bonds is 8. The van der Waals surface area contributed by atoms with Crippen molar-refractivity contribution in [3.8, 4) is 0 Å². The molecule has 2 nitrogen and oxygen atoms in total. The van der Waals surface area contributed by atoms with E-state index in [2.05, 4.69) is 22.9 Å². The van der Waals surface area contributed by atoms with Crippen LogP contribution >= 0.6 is 27.7 Å². The highest BCUT2D eigenvalue weighted by atomic mass is 79.9. The van der Waals surface area contributed by atoms with Crippen LogP contribution in [0.15, 0.2) is 9.89 Å². The van der Waals surface area contributed by atoms with Gasteiger partial charge in [0.05, 0.1) is 0 Å². The molecule has 0 spiro atoms. The van der Waals surface area contributed by atoms with E-state index >= 15 is 0 Å². The van der Waals surface area contributed by atoms with Gasteiger partial charge in [0, 0.05) is 10.7 Å². The van der Waals surface area contributed by atoms with E-state index < -0.39 is 0 Å². The zero-order valence-corrected chi connectivity index (χ0v) is 11.8. The Labute approximate surface area is 105 Å². The van der Waals surface area contributed by atoms with E-state index in [1.54, 1.807) is 11.8 Å². The van der Waals surface area contributed by atoms with Gasteiger partial charge in [-0.25, -0.2) is 0 Å². The Morgan fingerprint density at radius 3 is 2.73 bits per heavy atom. The number of thioether (sulfide) groups is 1. The number of carbonyl (C=O) groups is 1. The highest BCUT2D eigenvalue weighted by Crippen LogP contribution is 2.23. The molecule has 0 N–H and O–H groups in total. The first-order valence-electron chi connectivity index (χ1n) is 5.28. The second kappa shape index (κ2) is 10.6. The van der Waals surface area contributed by atoms with E-state index in [9.17, 15) is 4.79 Å². The van der Waals surface area contributed by atoms with E-state index in [0.29, 0.717) is 6.61 Å². The number of hydrogen-bond acceptors (Lipinski definition) is 3. The van der Waals surface area contributed by atoms with E-state index in [1.807, 2.05) is 6.08 Å². The quantitative estimate of drug-likeness (QED) is 0.498. The number of halogens is 1. The van der Waals surface area contributed by atoms with Gasteiger partial charge in [0.15, 0.2) is 0 Å². The van der Waals surface area contributed by atoms with Gasteiger partial charge in [-0.3, -0.25) is 4.79 Å². The van der Waals surface area contributed by atoms with Gasteiger partial charge in [0.25, 0.3) is 0 Å². The smallest absolute Gasteiger partial charge is 0.302 e. The topological polar surface area (TPSA) is 26.3 Å². The maximum atomic E-state index is 10.5. The molecule has 15 heavy (non-hydrogen) atoms. The van der Waals surface area contributed by atoms with Crippen molar-refractivity contribution in [3.05, 3.63) is 9.89 Å². The predicted octanol–water partition coefficient (Wildman–Crippen LogP) is 4.10. The lowest BCUT2D eigenvalue weighted by Gasteiger charge is -2.00. The van der Waals surface area contributed by atoms with Crippen molar-refractivity contribution in [2.24, 2.45) is 0 Å². The lowest BCUT2D eigenvalue weighted by atomic mass is 10.2. The van der Waals surface area contributed by atoms with Crippen molar-refractivity contribution in [2.45, 2.75) is 39.5 Å². The minimum absolute atomic E-state index is 0.237. The molecule has 0 atom stereocenters. The summed E-state index contributed by atoms with van der Waals surface area (Å²) in [5.41, 5.74) is 0. The molecule has 0 aliphatic carbocycles. The summed E-state index contributed by atoms with van der Waals surface area (Å²) in [5.74, 6) is 0.886. The van der Waals surface area contributed by atoms with Crippen LogP contribution in [0.3, 0.4) is 0 Å². The van der Waals surface area contributed by atoms with Gasteiger partial charge in [0.2, 0.25) is 0 Å². The molecule has 0 aromatic carbocycles. The van der Waals surface area contributed by atoms with E-state index in [-0.39, 0.29) is 5.97 Å². The lowest BCUT2D eigenvalue weighted by Crippen LogP contribution is -1.97. The van der Waals surface area contributed by atoms with Crippen LogP contribution in [0.5, 0.6) is 0 Å². The Balaban J connectivity index is 3.38. The van der Waals surface area contributed by atoms with Crippen molar-refractivity contribution in [1.82, 2.24) is 0 Å². The molecule has 0 aliphatic rings. The summed E-state index contributed by atoms with van der Waals surface area (Å²) in [6.45, 7) is 3.99. The van der Waals surface area contributed by atoms with Crippen LogP contribution in [0, 0.1) is 0 Å². The minimum atomic E-state index is -0.237. The highest BCUT2D eigenvalue weighted by Gasteiger charge is 1.95. The van der Waals surface area contributed by atoms with Crippen molar-refractivity contribution in [2.75, 3.05) is 12.4 Å². The molecule has 4 heteroatoms. The van der Waals surface area contributed by atoms with Crippen molar-refractivity contribution < 1.29 is 9.53 Å². The summed E-state index contributed by atoms with van der Waals surface area (Å²) in [6, 6.07) is 0. The Hall–Kier alpha value is 0.0400. The van der Waals surface area contributed by atoms with Crippen LogP contribution in [0.2, 0.25) is 0 Å². The van der Waals surface area contributed by atoms with Gasteiger partial charge in [0.1, 0.15) is 6.61 Å². The average molecular weight is 295 g/mol. The zero-order chi connectivity index (χ0) is 11.5. The van der Waals surface area contributed by atoms with Gasteiger partial charge in [-0.05, 0) is 34.2 Å². The van der Waals surface area contributed by atoms with Gasteiger partial charge in [-0.15, -0.1) is 11.8 Å². The zero-order valence-electron chi connectivity index (χ0n) is 9.42. The fourth-order valence-corrected chi connectivity index (χ4v) is 2.33. The van der Waals surface area contributed by atoms with Crippen molar-refractivity contribution in [1.29, 1.82) is 0 Å². The molecule has 0 bridgehead atoms. The van der Waals surface area contributed by atoms with Gasteiger partial charge >= 0.3 is 5.97 Å². The molecule has 0 fully saturated rings. The molecule has 0 heterocycles. The summed E-state index contributed by atoms with van der Waals surface area (Å²) < 4.78 is 5.85. The molecule has 0 radical (unpaired) electrons. The van der Waals surface area contributed by atoms with Gasteiger partial charge < -0.3 is 4.74 Å². The third-order valence-electron chi connectivity index (χ3n) is 1.77. The summed E-state index contributed by atoms with van der Waals surface area (Å²) >= 11 is 5.19. The molecular weight excluding hydrogens is 276 g/mol. The third kappa shape index (κ3) is 12.0. The molecule has 0 rings (SSSR count). The fraction of sp³-hybridized carbons (Fsp3) is 0.727. The summed E-state index contributed by atoms with van der Waals surface area (Å²) in [7, 11) is 0. The largest absolute Gasteiger partial charge is 0.462 e. The molecule has 0 unspecified atom stereocenters. The summed E-state index contributed by atoms with van der Waals surface area (Å²) in [4.78, 5) is 10.5. The van der Waals surface area contributed by atoms with Gasteiger partial charge in [-0.1, -0.05) is 26.2 Å². The molecule has 0 aromatic heterocycles. The van der Waals surface area contributed by atoms with Crippen molar-refractivity contribution >= 4 is 33.7 Å². The Morgan fingerprint density at radius 2 is 2.13 bits per heavy atom. The summed E-state index contributed by atoms with van der Waals surface area (Å²) in [5, 5.41) is 0. The van der Waals surface area contributed by atoms with Crippen LogP contribution in [-0.4, -0.2) is 18.3 Å². The third-order valence-corrected chi connectivity index (χ3v) is 3.71. The standard InChI is InChI=1S/C11H19BrO2S/c1-3-4-5-6-9-15-11(12)7-8-14-10(2)13/h7H,3-6,8-9H2,1-2H3/b11-7-. The first-order valence-corrected chi connectivity index (χ1v) is 7.06. The Bertz CT molecular complexity index is 205. The summed E-state index contributed by atoms with van der Waals surface area (Å²) in [6.07, 6.45) is 7.01. The van der Waals surface area contributed by atoms with E-state index in [0.717, 1.165) is 9.57 Å². The predicted molar refractivity (Wildman–Crippen MR) is 70.2 cm³/mol. The number of hydrogen-bond donors (Lipinski definition) is 0. The molecule has 0 saturated carbocycles. The fourth-order valence-electron chi connectivity index (χ4n) is 0.982. The minimum Gasteiger partial charge on any atom is -0.462 e. The second-order valence-corrected chi connectivity index (χ2v) is 5.74. The molecule has 88 valence electrons. The molecule has 0 amide bonds. The number of esters is 1. The molecule has 0 aromatic rings. The monoisotopic (exact) mass is 294 g/mol. The molecular formula is C11H19BrO2S. The number of ether oxygens (including phenoxy) is 1. The second-order valence-electron chi connectivity index (χ2n) is 3.22. The number of unbranched alkanes of at least 4 members (excludes halogenated alkanes) is 3. The van der Waals surface area contributed by atoms with E-state index in [4.69, 9.17) is 4.74 Å². The SMILES string of the molecule is CCCCCCS/C(Br)=C\COC(C)=O. The average Bonchev–Trinajstić information content (AvgIpc) is 2.17. The molecule has 0 saturated heterocycles. The Kier molecular flexibility index (Phi) is 10.6. The highest BCUT2D eigenvalue weighted by molar-refractivity contribution is 9.14. The number of carbonyl (C=O) groups excluding carboxylic acids is 1. The van der Waals surface area contributed by atoms with Crippen LogP contribution in [-0.2, 0) is 9.53 Å². The maximum absolute atomic E-state index is 10.5. The van der Waals surface area contributed by atoms with Crippen molar-refractivity contribution in [3.63, 3.8) is 0 Å². The van der Waals surface area contributed by atoms with Gasteiger partial charge in [-0.2, -0.15) is 0 Å².